The van der Waals surface area contributed by atoms with E-state index in [1.165, 1.54) is 6.92 Å². The van der Waals surface area contributed by atoms with Gasteiger partial charge in [0.2, 0.25) is 11.8 Å². The summed E-state index contributed by atoms with van der Waals surface area (Å²) in [6.45, 7) is 7.50. The third kappa shape index (κ3) is 4.68. The molecule has 0 saturated heterocycles. The first-order valence-electron chi connectivity index (χ1n) is 7.07. The molecule has 4 heteroatoms. The summed E-state index contributed by atoms with van der Waals surface area (Å²) in [6.07, 6.45) is 0.875. The van der Waals surface area contributed by atoms with Crippen LogP contribution >= 0.6 is 0 Å². The molecule has 2 amide bonds. The summed E-state index contributed by atoms with van der Waals surface area (Å²) in [5.41, 5.74) is 1.03. The molecule has 1 aromatic rings. The van der Waals surface area contributed by atoms with Crippen molar-refractivity contribution in [3.05, 3.63) is 35.9 Å². The van der Waals surface area contributed by atoms with Gasteiger partial charge in [-0.2, -0.15) is 0 Å². The monoisotopic (exact) mass is 276 g/mol. The summed E-state index contributed by atoms with van der Waals surface area (Å²) in [5.74, 6) is -0.210. The first-order valence-corrected chi connectivity index (χ1v) is 7.07. The van der Waals surface area contributed by atoms with Gasteiger partial charge in [0.15, 0.2) is 0 Å². The van der Waals surface area contributed by atoms with Crippen LogP contribution in [0.5, 0.6) is 0 Å². The quantitative estimate of drug-likeness (QED) is 0.868. The topological polar surface area (TPSA) is 49.4 Å². The fourth-order valence-corrected chi connectivity index (χ4v) is 2.01. The number of amides is 2. The third-order valence-electron chi connectivity index (χ3n) is 3.49. The van der Waals surface area contributed by atoms with Crippen LogP contribution in [0.15, 0.2) is 30.3 Å². The van der Waals surface area contributed by atoms with Gasteiger partial charge in [0, 0.05) is 13.0 Å². The fraction of sp³-hybridized carbons (Fsp3) is 0.500. The standard InChI is InChI=1S/C16H24N2O2/c1-5-12(2)17-16(20)11-18(14(4)19)13(3)15-9-7-6-8-10-15/h6-10,12-13H,5,11H2,1-4H3,(H,17,20). The maximum Gasteiger partial charge on any atom is 0.239 e. The Morgan fingerprint density at radius 1 is 1.20 bits per heavy atom. The van der Waals surface area contributed by atoms with Crippen molar-refractivity contribution in [3.8, 4) is 0 Å². The van der Waals surface area contributed by atoms with Crippen molar-refractivity contribution in [2.45, 2.75) is 46.2 Å². The lowest BCUT2D eigenvalue weighted by Gasteiger charge is -2.28. The van der Waals surface area contributed by atoms with Crippen molar-refractivity contribution < 1.29 is 9.59 Å². The van der Waals surface area contributed by atoms with Crippen LogP contribution in [0.3, 0.4) is 0 Å². The van der Waals surface area contributed by atoms with E-state index in [2.05, 4.69) is 5.32 Å². The van der Waals surface area contributed by atoms with E-state index in [1.54, 1.807) is 4.90 Å². The molecule has 20 heavy (non-hydrogen) atoms. The van der Waals surface area contributed by atoms with Gasteiger partial charge in [0.1, 0.15) is 6.54 Å². The molecule has 0 spiro atoms. The Hall–Kier alpha value is -1.84. The fourth-order valence-electron chi connectivity index (χ4n) is 2.01. The minimum absolute atomic E-state index is 0.0930. The van der Waals surface area contributed by atoms with E-state index in [0.29, 0.717) is 0 Å². The molecule has 0 aliphatic rings. The van der Waals surface area contributed by atoms with Crippen LogP contribution in [0.4, 0.5) is 0 Å². The molecule has 1 rings (SSSR count). The normalized spacial score (nSPS) is 13.4. The molecule has 1 aromatic carbocycles. The molecule has 0 fully saturated rings. The lowest BCUT2D eigenvalue weighted by molar-refractivity contribution is -0.136. The Kier molecular flexibility index (Phi) is 6.22. The van der Waals surface area contributed by atoms with Gasteiger partial charge < -0.3 is 10.2 Å². The summed E-state index contributed by atoms with van der Waals surface area (Å²) in [6, 6.07) is 9.75. The zero-order chi connectivity index (χ0) is 15.1. The average Bonchev–Trinajstić information content (AvgIpc) is 2.44. The van der Waals surface area contributed by atoms with Crippen molar-refractivity contribution in [2.24, 2.45) is 0 Å². The number of carbonyl (C=O) groups excluding carboxylic acids is 2. The van der Waals surface area contributed by atoms with E-state index in [1.807, 2.05) is 51.1 Å². The SMILES string of the molecule is CCC(C)NC(=O)CN(C(C)=O)C(C)c1ccccc1. The van der Waals surface area contributed by atoms with Gasteiger partial charge in [-0.15, -0.1) is 0 Å². The van der Waals surface area contributed by atoms with Gasteiger partial charge in [-0.25, -0.2) is 0 Å². The summed E-state index contributed by atoms with van der Waals surface area (Å²) in [5, 5.41) is 2.89. The van der Waals surface area contributed by atoms with E-state index in [9.17, 15) is 9.59 Å². The number of hydrogen-bond acceptors (Lipinski definition) is 2. The predicted octanol–water partition coefficient (Wildman–Crippen LogP) is 2.51. The molecule has 0 radical (unpaired) electrons. The van der Waals surface area contributed by atoms with Crippen molar-refractivity contribution in [1.29, 1.82) is 0 Å². The van der Waals surface area contributed by atoms with Gasteiger partial charge in [-0.05, 0) is 25.8 Å². The van der Waals surface area contributed by atoms with Crippen LogP contribution in [0.1, 0.15) is 45.7 Å². The molecule has 0 aliphatic heterocycles. The molecule has 110 valence electrons. The van der Waals surface area contributed by atoms with Crippen LogP contribution in [0.25, 0.3) is 0 Å². The molecule has 2 unspecified atom stereocenters. The van der Waals surface area contributed by atoms with Gasteiger partial charge in [0.05, 0.1) is 6.04 Å². The van der Waals surface area contributed by atoms with Crippen LogP contribution in [-0.2, 0) is 9.59 Å². The Bertz CT molecular complexity index is 445. The average molecular weight is 276 g/mol. The maximum atomic E-state index is 12.0. The molecule has 0 heterocycles. The number of carbonyl (C=O) groups is 2. The molecule has 0 aromatic heterocycles. The zero-order valence-electron chi connectivity index (χ0n) is 12.7. The molecule has 1 N–H and O–H groups in total. The minimum Gasteiger partial charge on any atom is -0.352 e. The van der Waals surface area contributed by atoms with Crippen LogP contribution < -0.4 is 5.32 Å². The molecule has 0 saturated carbocycles. The van der Waals surface area contributed by atoms with Crippen LogP contribution in [-0.4, -0.2) is 29.3 Å². The first kappa shape index (κ1) is 16.2. The molecule has 4 nitrogen and oxygen atoms in total. The Balaban J connectivity index is 2.75. The molecule has 0 aliphatic carbocycles. The van der Waals surface area contributed by atoms with E-state index in [4.69, 9.17) is 0 Å². The van der Waals surface area contributed by atoms with Crippen molar-refractivity contribution >= 4 is 11.8 Å². The highest BCUT2D eigenvalue weighted by Gasteiger charge is 2.21. The summed E-state index contributed by atoms with van der Waals surface area (Å²) in [4.78, 5) is 25.3. The van der Waals surface area contributed by atoms with E-state index >= 15 is 0 Å². The number of hydrogen-bond donors (Lipinski definition) is 1. The molecule has 2 atom stereocenters. The Labute approximate surface area is 121 Å². The van der Waals surface area contributed by atoms with Gasteiger partial charge in [-0.3, -0.25) is 9.59 Å². The van der Waals surface area contributed by atoms with Gasteiger partial charge >= 0.3 is 0 Å². The third-order valence-corrected chi connectivity index (χ3v) is 3.49. The highest BCUT2D eigenvalue weighted by molar-refractivity contribution is 5.84. The van der Waals surface area contributed by atoms with Crippen LogP contribution in [0.2, 0.25) is 0 Å². The number of nitrogens with zero attached hydrogens (tertiary/aromatic N) is 1. The predicted molar refractivity (Wildman–Crippen MR) is 80.1 cm³/mol. The van der Waals surface area contributed by atoms with E-state index in [-0.39, 0.29) is 30.4 Å². The number of rotatable bonds is 6. The first-order chi connectivity index (χ1) is 9.45. The van der Waals surface area contributed by atoms with Crippen molar-refractivity contribution in [3.63, 3.8) is 0 Å². The molecular formula is C16H24N2O2. The maximum absolute atomic E-state index is 12.0. The summed E-state index contributed by atoms with van der Waals surface area (Å²) in [7, 11) is 0. The summed E-state index contributed by atoms with van der Waals surface area (Å²) >= 11 is 0. The zero-order valence-corrected chi connectivity index (χ0v) is 12.7. The second-order valence-corrected chi connectivity index (χ2v) is 5.11. The lowest BCUT2D eigenvalue weighted by atomic mass is 10.1. The summed E-state index contributed by atoms with van der Waals surface area (Å²) < 4.78 is 0. The lowest BCUT2D eigenvalue weighted by Crippen LogP contribution is -2.43. The Morgan fingerprint density at radius 3 is 2.30 bits per heavy atom. The smallest absolute Gasteiger partial charge is 0.239 e. The Morgan fingerprint density at radius 2 is 1.80 bits per heavy atom. The second kappa shape index (κ2) is 7.68. The number of benzene rings is 1. The second-order valence-electron chi connectivity index (χ2n) is 5.11. The minimum atomic E-state index is -0.114. The van der Waals surface area contributed by atoms with Gasteiger partial charge in [-0.1, -0.05) is 37.3 Å². The highest BCUT2D eigenvalue weighted by atomic mass is 16.2. The van der Waals surface area contributed by atoms with E-state index < -0.39 is 0 Å². The molecule has 0 bridgehead atoms. The van der Waals surface area contributed by atoms with Crippen LogP contribution in [0, 0.1) is 0 Å². The van der Waals surface area contributed by atoms with Gasteiger partial charge in [0.25, 0.3) is 0 Å². The van der Waals surface area contributed by atoms with Crippen molar-refractivity contribution in [1.82, 2.24) is 10.2 Å². The van der Waals surface area contributed by atoms with Crippen molar-refractivity contribution in [2.75, 3.05) is 6.54 Å². The largest absolute Gasteiger partial charge is 0.352 e. The highest BCUT2D eigenvalue weighted by Crippen LogP contribution is 2.19. The van der Waals surface area contributed by atoms with E-state index in [0.717, 1.165) is 12.0 Å². The molecular weight excluding hydrogens is 252 g/mol. The number of nitrogens with one attached hydrogen (secondary N) is 1.